The number of aliphatic hydroxyl groups is 2. The van der Waals surface area contributed by atoms with Gasteiger partial charge in [0.15, 0.2) is 0 Å². The summed E-state index contributed by atoms with van der Waals surface area (Å²) in [6.07, 6.45) is 3.12. The summed E-state index contributed by atoms with van der Waals surface area (Å²) < 4.78 is 0. The van der Waals surface area contributed by atoms with Crippen LogP contribution in [0.2, 0.25) is 0 Å². The minimum Gasteiger partial charge on any atom is -0.478 e. The van der Waals surface area contributed by atoms with E-state index in [1.807, 2.05) is 6.92 Å². The molecule has 0 spiro atoms. The third kappa shape index (κ3) is 2.62. The number of aryl methyl sites for hydroxylation is 2. The first-order chi connectivity index (χ1) is 9.55. The summed E-state index contributed by atoms with van der Waals surface area (Å²) in [5.74, 6) is -0.835. The summed E-state index contributed by atoms with van der Waals surface area (Å²) >= 11 is 0. The number of rotatable bonds is 6. The SMILES string of the molecule is CCC(CO)(CO)Nc1nc2c(cc1C(=O)O)CCC2. The van der Waals surface area contributed by atoms with Gasteiger partial charge in [0.25, 0.3) is 0 Å². The van der Waals surface area contributed by atoms with Crippen LogP contribution in [0.3, 0.4) is 0 Å². The molecule has 110 valence electrons. The van der Waals surface area contributed by atoms with Crippen LogP contribution in [0.15, 0.2) is 6.07 Å². The minimum absolute atomic E-state index is 0.0883. The molecular weight excluding hydrogens is 260 g/mol. The molecule has 1 aromatic rings. The fraction of sp³-hybridized carbons (Fsp3) is 0.571. The van der Waals surface area contributed by atoms with Gasteiger partial charge >= 0.3 is 5.97 Å². The molecule has 1 heterocycles. The van der Waals surface area contributed by atoms with E-state index >= 15 is 0 Å². The number of nitrogens with zero attached hydrogens (tertiary/aromatic N) is 1. The highest BCUT2D eigenvalue weighted by atomic mass is 16.4. The molecule has 0 bridgehead atoms. The quantitative estimate of drug-likeness (QED) is 0.615. The molecular formula is C14H20N2O4. The summed E-state index contributed by atoms with van der Waals surface area (Å²) in [5.41, 5.74) is 1.01. The van der Waals surface area contributed by atoms with Gasteiger partial charge in [0, 0.05) is 5.69 Å². The van der Waals surface area contributed by atoms with Gasteiger partial charge in [-0.2, -0.15) is 0 Å². The Morgan fingerprint density at radius 3 is 2.65 bits per heavy atom. The van der Waals surface area contributed by atoms with Gasteiger partial charge < -0.3 is 20.6 Å². The smallest absolute Gasteiger partial charge is 0.339 e. The number of aromatic nitrogens is 1. The van der Waals surface area contributed by atoms with E-state index in [0.29, 0.717) is 6.42 Å². The van der Waals surface area contributed by atoms with E-state index < -0.39 is 11.5 Å². The Bertz CT molecular complexity index is 504. The first-order valence-corrected chi connectivity index (χ1v) is 6.81. The lowest BCUT2D eigenvalue weighted by Gasteiger charge is -2.31. The van der Waals surface area contributed by atoms with E-state index in [-0.39, 0.29) is 24.6 Å². The number of carboxylic acid groups (broad SMARTS) is 1. The van der Waals surface area contributed by atoms with Crippen LogP contribution in [0.4, 0.5) is 5.82 Å². The van der Waals surface area contributed by atoms with E-state index in [2.05, 4.69) is 10.3 Å². The molecule has 0 aromatic carbocycles. The largest absolute Gasteiger partial charge is 0.478 e. The fourth-order valence-corrected chi connectivity index (χ4v) is 2.42. The average Bonchev–Trinajstić information content (AvgIpc) is 2.91. The number of carboxylic acids is 1. The van der Waals surface area contributed by atoms with E-state index in [1.54, 1.807) is 6.07 Å². The third-order valence-electron chi connectivity index (χ3n) is 3.95. The van der Waals surface area contributed by atoms with Crippen molar-refractivity contribution in [3.8, 4) is 0 Å². The van der Waals surface area contributed by atoms with Gasteiger partial charge in [-0.25, -0.2) is 9.78 Å². The molecule has 1 aromatic heterocycles. The van der Waals surface area contributed by atoms with Crippen LogP contribution < -0.4 is 5.32 Å². The monoisotopic (exact) mass is 280 g/mol. The maximum atomic E-state index is 11.4. The molecule has 2 rings (SSSR count). The first kappa shape index (κ1) is 14.7. The zero-order chi connectivity index (χ0) is 14.8. The molecule has 0 radical (unpaired) electrons. The van der Waals surface area contributed by atoms with E-state index in [0.717, 1.165) is 30.5 Å². The van der Waals surface area contributed by atoms with Gasteiger partial charge in [-0.05, 0) is 37.3 Å². The molecule has 0 saturated heterocycles. The molecule has 0 saturated carbocycles. The zero-order valence-electron chi connectivity index (χ0n) is 11.5. The number of pyridine rings is 1. The average molecular weight is 280 g/mol. The van der Waals surface area contributed by atoms with E-state index in [1.165, 1.54) is 0 Å². The Morgan fingerprint density at radius 2 is 2.10 bits per heavy atom. The molecule has 20 heavy (non-hydrogen) atoms. The number of hydrogen-bond acceptors (Lipinski definition) is 5. The number of nitrogens with one attached hydrogen (secondary N) is 1. The highest BCUT2D eigenvalue weighted by molar-refractivity contribution is 5.93. The maximum absolute atomic E-state index is 11.4. The molecule has 0 aliphatic heterocycles. The van der Waals surface area contributed by atoms with E-state index in [9.17, 15) is 20.1 Å². The Kier molecular flexibility index (Phi) is 4.25. The lowest BCUT2D eigenvalue weighted by molar-refractivity contribution is 0.0696. The summed E-state index contributed by atoms with van der Waals surface area (Å²) in [7, 11) is 0. The van der Waals surface area contributed by atoms with Crippen molar-refractivity contribution in [2.24, 2.45) is 0 Å². The van der Waals surface area contributed by atoms with Crippen molar-refractivity contribution in [2.45, 2.75) is 38.1 Å². The number of carbonyl (C=O) groups is 1. The Hall–Kier alpha value is -1.66. The van der Waals surface area contributed by atoms with Gasteiger partial charge in [0.05, 0.1) is 18.8 Å². The minimum atomic E-state index is -1.06. The van der Waals surface area contributed by atoms with Gasteiger partial charge in [-0.3, -0.25) is 0 Å². The normalized spacial score (nSPS) is 14.2. The van der Waals surface area contributed by atoms with Crippen LogP contribution in [0, 0.1) is 0 Å². The van der Waals surface area contributed by atoms with Crippen LogP contribution in [-0.2, 0) is 12.8 Å². The standard InChI is InChI=1S/C14H20N2O4/c1-2-14(7-17,8-18)16-12-10(13(19)20)6-9-4-3-5-11(9)15-12/h6,17-18H,2-5,7-8H2,1H3,(H,15,16)(H,19,20). The molecule has 0 unspecified atom stereocenters. The molecule has 1 aliphatic rings. The summed E-state index contributed by atoms with van der Waals surface area (Å²) in [5, 5.41) is 31.2. The number of aliphatic hydroxyl groups excluding tert-OH is 2. The van der Waals surface area contributed by atoms with Gasteiger partial charge in [0.1, 0.15) is 11.4 Å². The Balaban J connectivity index is 2.42. The number of anilines is 1. The number of fused-ring (bicyclic) bond motifs is 1. The summed E-state index contributed by atoms with van der Waals surface area (Å²) in [6, 6.07) is 1.65. The first-order valence-electron chi connectivity index (χ1n) is 6.81. The van der Waals surface area contributed by atoms with Crippen LogP contribution in [0.25, 0.3) is 0 Å². The molecule has 0 amide bonds. The highest BCUT2D eigenvalue weighted by Gasteiger charge is 2.30. The van der Waals surface area contributed by atoms with Gasteiger partial charge in [-0.15, -0.1) is 0 Å². The highest BCUT2D eigenvalue weighted by Crippen LogP contribution is 2.27. The van der Waals surface area contributed by atoms with Gasteiger partial charge in [-0.1, -0.05) is 6.92 Å². The van der Waals surface area contributed by atoms with E-state index in [4.69, 9.17) is 0 Å². The lowest BCUT2D eigenvalue weighted by atomic mass is 9.98. The van der Waals surface area contributed by atoms with Crippen LogP contribution in [-0.4, -0.2) is 45.0 Å². The molecule has 4 N–H and O–H groups in total. The molecule has 1 aliphatic carbocycles. The van der Waals surface area contributed by atoms with Crippen LogP contribution in [0.5, 0.6) is 0 Å². The molecule has 0 atom stereocenters. The van der Waals surface area contributed by atoms with Crippen molar-refractivity contribution >= 4 is 11.8 Å². The summed E-state index contributed by atoms with van der Waals surface area (Å²) in [6.45, 7) is 1.23. The molecule has 6 heteroatoms. The second-order valence-corrected chi connectivity index (χ2v) is 5.22. The van der Waals surface area contributed by atoms with Crippen molar-refractivity contribution in [1.82, 2.24) is 4.98 Å². The molecule has 6 nitrogen and oxygen atoms in total. The number of aromatic carboxylic acids is 1. The Labute approximate surface area is 117 Å². The fourth-order valence-electron chi connectivity index (χ4n) is 2.42. The number of hydrogen-bond donors (Lipinski definition) is 4. The molecule has 0 fully saturated rings. The Morgan fingerprint density at radius 1 is 1.40 bits per heavy atom. The predicted octanol–water partition coefficient (Wildman–Crippen LogP) is 0.814. The second-order valence-electron chi connectivity index (χ2n) is 5.22. The lowest BCUT2D eigenvalue weighted by Crippen LogP contribution is -2.45. The van der Waals surface area contributed by atoms with Gasteiger partial charge in [0.2, 0.25) is 0 Å². The van der Waals surface area contributed by atoms with Crippen molar-refractivity contribution in [2.75, 3.05) is 18.5 Å². The third-order valence-corrected chi connectivity index (χ3v) is 3.95. The zero-order valence-corrected chi connectivity index (χ0v) is 11.5. The predicted molar refractivity (Wildman–Crippen MR) is 74.0 cm³/mol. The maximum Gasteiger partial charge on any atom is 0.339 e. The van der Waals surface area contributed by atoms with Crippen molar-refractivity contribution in [3.63, 3.8) is 0 Å². The van der Waals surface area contributed by atoms with Crippen molar-refractivity contribution in [3.05, 3.63) is 22.9 Å². The topological polar surface area (TPSA) is 103 Å². The summed E-state index contributed by atoms with van der Waals surface area (Å²) in [4.78, 5) is 15.8. The van der Waals surface area contributed by atoms with Crippen LogP contribution >= 0.6 is 0 Å². The van der Waals surface area contributed by atoms with Crippen molar-refractivity contribution < 1.29 is 20.1 Å². The van der Waals surface area contributed by atoms with Crippen LogP contribution in [0.1, 0.15) is 41.4 Å². The second kappa shape index (κ2) is 5.76. The van der Waals surface area contributed by atoms with Crippen molar-refractivity contribution in [1.29, 1.82) is 0 Å².